The fourth-order valence-electron chi connectivity index (χ4n) is 4.20. The first-order valence-electron chi connectivity index (χ1n) is 9.71. The number of benzene rings is 3. The van der Waals surface area contributed by atoms with Crippen molar-refractivity contribution >= 4 is 10.8 Å². The van der Waals surface area contributed by atoms with Crippen LogP contribution in [-0.4, -0.2) is 37.9 Å². The Morgan fingerprint density at radius 3 is 2.56 bits per heavy atom. The van der Waals surface area contributed by atoms with Crippen LogP contribution in [0.1, 0.15) is 23.6 Å². The molecule has 0 spiro atoms. The lowest BCUT2D eigenvalue weighted by Crippen LogP contribution is -2.33. The molecule has 4 heteroatoms. The van der Waals surface area contributed by atoms with Crippen molar-refractivity contribution in [1.82, 2.24) is 10.2 Å². The van der Waals surface area contributed by atoms with Crippen molar-refractivity contribution in [3.8, 4) is 11.5 Å². The van der Waals surface area contributed by atoms with Gasteiger partial charge in [-0.05, 0) is 53.1 Å². The molecule has 4 nitrogen and oxygen atoms in total. The SMILES string of the molecule is c1ccc2cc(C(c3ccc4c(c3)OCO4)N3CCCNCC3)ccc2c1. The first kappa shape index (κ1) is 16.6. The third kappa shape index (κ3) is 3.27. The number of hydrogen-bond donors (Lipinski definition) is 1. The maximum absolute atomic E-state index is 5.65. The Morgan fingerprint density at radius 1 is 0.778 bits per heavy atom. The first-order chi connectivity index (χ1) is 13.4. The zero-order chi connectivity index (χ0) is 18.1. The number of nitrogens with one attached hydrogen (secondary N) is 1. The normalized spacial score (nSPS) is 18.4. The van der Waals surface area contributed by atoms with E-state index in [0.717, 1.165) is 44.1 Å². The highest BCUT2D eigenvalue weighted by molar-refractivity contribution is 5.83. The Balaban J connectivity index is 1.60. The van der Waals surface area contributed by atoms with E-state index in [-0.39, 0.29) is 6.04 Å². The minimum atomic E-state index is 0.212. The molecule has 3 aromatic carbocycles. The zero-order valence-corrected chi connectivity index (χ0v) is 15.4. The van der Waals surface area contributed by atoms with Gasteiger partial charge in [-0.15, -0.1) is 0 Å². The molecule has 2 aliphatic rings. The Morgan fingerprint density at radius 2 is 1.59 bits per heavy atom. The van der Waals surface area contributed by atoms with E-state index in [4.69, 9.17) is 9.47 Å². The monoisotopic (exact) mass is 360 g/mol. The molecule has 0 bridgehead atoms. The highest BCUT2D eigenvalue weighted by atomic mass is 16.7. The predicted octanol–water partition coefficient (Wildman–Crippen LogP) is 3.95. The van der Waals surface area contributed by atoms with Gasteiger partial charge in [-0.3, -0.25) is 4.90 Å². The maximum Gasteiger partial charge on any atom is 0.231 e. The van der Waals surface area contributed by atoms with Crippen molar-refractivity contribution in [2.24, 2.45) is 0 Å². The zero-order valence-electron chi connectivity index (χ0n) is 15.4. The smallest absolute Gasteiger partial charge is 0.231 e. The first-order valence-corrected chi connectivity index (χ1v) is 9.71. The second kappa shape index (κ2) is 7.22. The summed E-state index contributed by atoms with van der Waals surface area (Å²) >= 11 is 0. The van der Waals surface area contributed by atoms with Crippen molar-refractivity contribution in [1.29, 1.82) is 0 Å². The number of rotatable bonds is 3. The molecule has 2 heterocycles. The minimum Gasteiger partial charge on any atom is -0.454 e. The average molecular weight is 360 g/mol. The molecule has 2 aliphatic heterocycles. The Bertz CT molecular complexity index is 948. The molecule has 1 N–H and O–H groups in total. The molecule has 0 amide bonds. The molecule has 0 aliphatic carbocycles. The van der Waals surface area contributed by atoms with Crippen LogP contribution in [0.2, 0.25) is 0 Å². The molecule has 0 saturated carbocycles. The molecular weight excluding hydrogens is 336 g/mol. The van der Waals surface area contributed by atoms with Crippen molar-refractivity contribution in [3.05, 3.63) is 71.8 Å². The number of fused-ring (bicyclic) bond motifs is 2. The van der Waals surface area contributed by atoms with Gasteiger partial charge in [0.25, 0.3) is 0 Å². The van der Waals surface area contributed by atoms with Crippen LogP contribution < -0.4 is 14.8 Å². The lowest BCUT2D eigenvalue weighted by Gasteiger charge is -2.31. The molecule has 27 heavy (non-hydrogen) atoms. The summed E-state index contributed by atoms with van der Waals surface area (Å²) in [7, 11) is 0. The summed E-state index contributed by atoms with van der Waals surface area (Å²) in [5, 5.41) is 6.09. The molecule has 1 saturated heterocycles. The number of nitrogens with zero attached hydrogens (tertiary/aromatic N) is 1. The standard InChI is InChI=1S/C23H24N2O2/c1-2-5-18-14-19(7-6-17(18)4-1)23(25-12-3-10-24-11-13-25)20-8-9-21-22(15-20)27-16-26-21/h1-2,4-9,14-15,23-24H,3,10-13,16H2. The summed E-state index contributed by atoms with van der Waals surface area (Å²) in [5.41, 5.74) is 2.59. The van der Waals surface area contributed by atoms with Crippen molar-refractivity contribution in [2.75, 3.05) is 33.0 Å². The van der Waals surface area contributed by atoms with E-state index >= 15 is 0 Å². The maximum atomic E-state index is 5.65. The van der Waals surface area contributed by atoms with E-state index < -0.39 is 0 Å². The Hall–Kier alpha value is -2.56. The second-order valence-electron chi connectivity index (χ2n) is 7.26. The molecule has 0 radical (unpaired) electrons. The summed E-state index contributed by atoms with van der Waals surface area (Å²) in [6, 6.07) is 22.0. The van der Waals surface area contributed by atoms with Gasteiger partial charge in [-0.2, -0.15) is 0 Å². The van der Waals surface area contributed by atoms with Crippen LogP contribution in [-0.2, 0) is 0 Å². The number of ether oxygens (including phenoxy) is 2. The van der Waals surface area contributed by atoms with Crippen LogP contribution in [0.5, 0.6) is 11.5 Å². The van der Waals surface area contributed by atoms with Gasteiger partial charge in [0.2, 0.25) is 6.79 Å². The van der Waals surface area contributed by atoms with Crippen LogP contribution >= 0.6 is 0 Å². The van der Waals surface area contributed by atoms with Gasteiger partial charge in [0, 0.05) is 19.6 Å². The topological polar surface area (TPSA) is 33.7 Å². The molecular formula is C23H24N2O2. The third-order valence-electron chi connectivity index (χ3n) is 5.54. The lowest BCUT2D eigenvalue weighted by atomic mass is 9.94. The highest BCUT2D eigenvalue weighted by Crippen LogP contribution is 2.38. The van der Waals surface area contributed by atoms with Crippen molar-refractivity contribution in [2.45, 2.75) is 12.5 Å². The van der Waals surface area contributed by atoms with Gasteiger partial charge < -0.3 is 14.8 Å². The summed E-state index contributed by atoms with van der Waals surface area (Å²) in [6.07, 6.45) is 1.16. The van der Waals surface area contributed by atoms with Crippen LogP contribution in [0, 0.1) is 0 Å². The Labute approximate surface area is 159 Å². The van der Waals surface area contributed by atoms with Crippen LogP contribution in [0.25, 0.3) is 10.8 Å². The van der Waals surface area contributed by atoms with Crippen LogP contribution in [0.3, 0.4) is 0 Å². The minimum absolute atomic E-state index is 0.212. The molecule has 3 aromatic rings. The van der Waals surface area contributed by atoms with Gasteiger partial charge in [-0.1, -0.05) is 42.5 Å². The lowest BCUT2D eigenvalue weighted by molar-refractivity contribution is 0.173. The van der Waals surface area contributed by atoms with Gasteiger partial charge >= 0.3 is 0 Å². The van der Waals surface area contributed by atoms with Gasteiger partial charge in [0.05, 0.1) is 6.04 Å². The molecule has 1 fully saturated rings. The highest BCUT2D eigenvalue weighted by Gasteiger charge is 2.25. The summed E-state index contributed by atoms with van der Waals surface area (Å²) in [6.45, 7) is 4.54. The van der Waals surface area contributed by atoms with Crippen molar-refractivity contribution < 1.29 is 9.47 Å². The predicted molar refractivity (Wildman–Crippen MR) is 107 cm³/mol. The molecule has 138 valence electrons. The van der Waals surface area contributed by atoms with E-state index in [1.54, 1.807) is 0 Å². The average Bonchev–Trinajstić information content (AvgIpc) is 3.02. The van der Waals surface area contributed by atoms with Gasteiger partial charge in [-0.25, -0.2) is 0 Å². The fraction of sp³-hybridized carbons (Fsp3) is 0.304. The molecule has 1 unspecified atom stereocenters. The van der Waals surface area contributed by atoms with Gasteiger partial charge in [0.1, 0.15) is 0 Å². The largest absolute Gasteiger partial charge is 0.454 e. The van der Waals surface area contributed by atoms with E-state index in [1.807, 2.05) is 6.07 Å². The van der Waals surface area contributed by atoms with Crippen molar-refractivity contribution in [3.63, 3.8) is 0 Å². The molecule has 0 aromatic heterocycles. The van der Waals surface area contributed by atoms with Gasteiger partial charge in [0.15, 0.2) is 11.5 Å². The second-order valence-corrected chi connectivity index (χ2v) is 7.26. The molecule has 5 rings (SSSR count). The Kier molecular flexibility index (Phi) is 4.44. The van der Waals surface area contributed by atoms with E-state index in [0.29, 0.717) is 6.79 Å². The fourth-order valence-corrected chi connectivity index (χ4v) is 4.20. The van der Waals surface area contributed by atoms with E-state index in [2.05, 4.69) is 64.8 Å². The quantitative estimate of drug-likeness (QED) is 0.767. The van der Waals surface area contributed by atoms with E-state index in [9.17, 15) is 0 Å². The summed E-state index contributed by atoms with van der Waals surface area (Å²) in [4.78, 5) is 2.58. The summed E-state index contributed by atoms with van der Waals surface area (Å²) in [5.74, 6) is 1.69. The van der Waals surface area contributed by atoms with Crippen LogP contribution in [0.15, 0.2) is 60.7 Å². The van der Waals surface area contributed by atoms with Crippen LogP contribution in [0.4, 0.5) is 0 Å². The molecule has 1 atom stereocenters. The third-order valence-corrected chi connectivity index (χ3v) is 5.54. The van der Waals surface area contributed by atoms with E-state index in [1.165, 1.54) is 21.9 Å². The number of hydrogen-bond acceptors (Lipinski definition) is 4. The summed E-state index contributed by atoms with van der Waals surface area (Å²) < 4.78 is 11.2.